The molecule has 5 heteroatoms. The second-order valence-electron chi connectivity index (χ2n) is 8.49. The van der Waals surface area contributed by atoms with Gasteiger partial charge in [-0.1, -0.05) is 79.6 Å². The summed E-state index contributed by atoms with van der Waals surface area (Å²) in [5.41, 5.74) is 3.24. The van der Waals surface area contributed by atoms with Crippen molar-refractivity contribution in [2.75, 3.05) is 6.54 Å². The number of carboxylic acid groups (broad SMARTS) is 1. The number of likely N-dealkylation sites (tertiary alicyclic amines) is 1. The van der Waals surface area contributed by atoms with Gasteiger partial charge in [0.15, 0.2) is 0 Å². The SMILES string of the molecule is O=C(O)CCCCCCN1C(=O)CCC1C=C[C@@H](O)c1cccc(Cc2ccccc2)c1. The molecule has 2 N–H and O–H groups in total. The summed E-state index contributed by atoms with van der Waals surface area (Å²) in [5.74, 6) is -0.599. The van der Waals surface area contributed by atoms with Crippen LogP contribution in [0.2, 0.25) is 0 Å². The Morgan fingerprint density at radius 3 is 2.56 bits per heavy atom. The van der Waals surface area contributed by atoms with Gasteiger partial charge >= 0.3 is 5.97 Å². The number of carboxylic acids is 1. The zero-order chi connectivity index (χ0) is 22.8. The summed E-state index contributed by atoms with van der Waals surface area (Å²) < 4.78 is 0. The minimum atomic E-state index is -0.755. The molecule has 2 aromatic carbocycles. The van der Waals surface area contributed by atoms with Crippen molar-refractivity contribution in [2.24, 2.45) is 0 Å². The third-order valence-corrected chi connectivity index (χ3v) is 5.97. The van der Waals surface area contributed by atoms with E-state index < -0.39 is 12.1 Å². The summed E-state index contributed by atoms with van der Waals surface area (Å²) >= 11 is 0. The van der Waals surface area contributed by atoms with E-state index in [1.807, 2.05) is 47.4 Å². The van der Waals surface area contributed by atoms with Gasteiger partial charge in [0.05, 0.1) is 12.1 Å². The van der Waals surface area contributed by atoms with Crippen molar-refractivity contribution in [3.8, 4) is 0 Å². The molecular formula is C27H33NO4. The number of nitrogens with zero attached hydrogens (tertiary/aromatic N) is 1. The van der Waals surface area contributed by atoms with E-state index in [2.05, 4.69) is 18.2 Å². The van der Waals surface area contributed by atoms with Crippen molar-refractivity contribution in [3.63, 3.8) is 0 Å². The normalized spacial score (nSPS) is 17.2. The highest BCUT2D eigenvalue weighted by molar-refractivity contribution is 5.79. The van der Waals surface area contributed by atoms with E-state index in [9.17, 15) is 14.7 Å². The molecule has 1 heterocycles. The highest BCUT2D eigenvalue weighted by Crippen LogP contribution is 2.23. The van der Waals surface area contributed by atoms with Crippen molar-refractivity contribution in [3.05, 3.63) is 83.4 Å². The molecule has 3 rings (SSSR count). The molecule has 0 bridgehead atoms. The Morgan fingerprint density at radius 2 is 1.78 bits per heavy atom. The molecule has 0 aromatic heterocycles. The van der Waals surface area contributed by atoms with Crippen LogP contribution >= 0.6 is 0 Å². The van der Waals surface area contributed by atoms with Crippen LogP contribution in [0.3, 0.4) is 0 Å². The number of rotatable bonds is 12. The smallest absolute Gasteiger partial charge is 0.303 e. The zero-order valence-corrected chi connectivity index (χ0v) is 18.5. The molecule has 170 valence electrons. The molecule has 0 aliphatic carbocycles. The van der Waals surface area contributed by atoms with Crippen LogP contribution in [-0.2, 0) is 16.0 Å². The fraction of sp³-hybridized carbons (Fsp3) is 0.407. The van der Waals surface area contributed by atoms with E-state index in [4.69, 9.17) is 5.11 Å². The maximum absolute atomic E-state index is 12.3. The molecule has 2 atom stereocenters. The van der Waals surface area contributed by atoms with Crippen LogP contribution in [0.4, 0.5) is 0 Å². The first-order valence-electron chi connectivity index (χ1n) is 11.5. The number of carbonyl (C=O) groups excluding carboxylic acids is 1. The second kappa shape index (κ2) is 12.2. The van der Waals surface area contributed by atoms with Crippen LogP contribution in [0.5, 0.6) is 0 Å². The monoisotopic (exact) mass is 435 g/mol. The molecule has 1 saturated heterocycles. The summed E-state index contributed by atoms with van der Waals surface area (Å²) in [6.07, 6.45) is 8.74. The van der Waals surface area contributed by atoms with Gasteiger partial charge in [-0.2, -0.15) is 0 Å². The van der Waals surface area contributed by atoms with Gasteiger partial charge in [0.25, 0.3) is 0 Å². The van der Waals surface area contributed by atoms with E-state index in [-0.39, 0.29) is 18.4 Å². The molecule has 0 radical (unpaired) electrons. The van der Waals surface area contributed by atoms with Gasteiger partial charge < -0.3 is 15.1 Å². The van der Waals surface area contributed by atoms with E-state index >= 15 is 0 Å². The lowest BCUT2D eigenvalue weighted by atomic mass is 10.00. The minimum absolute atomic E-state index is 0.0173. The van der Waals surface area contributed by atoms with E-state index in [1.165, 1.54) is 5.56 Å². The molecule has 1 unspecified atom stereocenters. The average molecular weight is 436 g/mol. The molecule has 0 spiro atoms. The van der Waals surface area contributed by atoms with Gasteiger partial charge in [-0.15, -0.1) is 0 Å². The van der Waals surface area contributed by atoms with Crippen LogP contribution < -0.4 is 0 Å². The predicted octanol–water partition coefficient (Wildman–Crippen LogP) is 4.89. The zero-order valence-electron chi connectivity index (χ0n) is 18.5. The first-order chi connectivity index (χ1) is 15.5. The molecule has 1 fully saturated rings. The van der Waals surface area contributed by atoms with Crippen LogP contribution in [0.15, 0.2) is 66.7 Å². The number of hydrogen-bond acceptors (Lipinski definition) is 3. The first kappa shape index (κ1) is 23.7. The molecule has 2 aromatic rings. The third-order valence-electron chi connectivity index (χ3n) is 5.97. The Morgan fingerprint density at radius 1 is 1.03 bits per heavy atom. The Hall–Kier alpha value is -2.92. The number of unbranched alkanes of at least 4 members (excludes halogenated alkanes) is 3. The number of aliphatic hydroxyl groups excluding tert-OH is 1. The lowest BCUT2D eigenvalue weighted by Gasteiger charge is -2.22. The molecule has 1 aliphatic heterocycles. The van der Waals surface area contributed by atoms with Crippen LogP contribution in [0.25, 0.3) is 0 Å². The summed E-state index contributed by atoms with van der Waals surface area (Å²) in [5, 5.41) is 19.4. The lowest BCUT2D eigenvalue weighted by molar-refractivity contribution is -0.137. The highest BCUT2D eigenvalue weighted by atomic mass is 16.4. The van der Waals surface area contributed by atoms with E-state index in [0.29, 0.717) is 19.4 Å². The van der Waals surface area contributed by atoms with Gasteiger partial charge in [0.1, 0.15) is 0 Å². The standard InChI is InChI=1S/C27H33NO4/c29-25(23-12-8-11-22(20-23)19-21-9-4-3-5-10-21)16-14-24-15-17-26(30)28(24)18-7-2-1-6-13-27(31)32/h3-5,8-12,14,16,20,24-25,29H,1-2,6-7,13,15,17-19H2,(H,31,32)/t24?,25-/m1/s1. The molecule has 32 heavy (non-hydrogen) atoms. The van der Waals surface area contributed by atoms with Crippen molar-refractivity contribution < 1.29 is 19.8 Å². The molecule has 1 amide bonds. The van der Waals surface area contributed by atoms with Crippen LogP contribution in [-0.4, -0.2) is 39.6 Å². The number of hydrogen-bond donors (Lipinski definition) is 2. The highest BCUT2D eigenvalue weighted by Gasteiger charge is 2.28. The summed E-state index contributed by atoms with van der Waals surface area (Å²) in [6, 6.07) is 18.3. The summed E-state index contributed by atoms with van der Waals surface area (Å²) in [7, 11) is 0. The van der Waals surface area contributed by atoms with Crippen molar-refractivity contribution in [2.45, 2.75) is 63.5 Å². The Labute approximate surface area is 190 Å². The fourth-order valence-corrected chi connectivity index (χ4v) is 4.22. The number of aliphatic hydroxyl groups is 1. The number of aliphatic carboxylic acids is 1. The Bertz CT molecular complexity index is 909. The van der Waals surface area contributed by atoms with Gasteiger partial charge in [0.2, 0.25) is 5.91 Å². The number of amides is 1. The van der Waals surface area contributed by atoms with Crippen molar-refractivity contribution >= 4 is 11.9 Å². The van der Waals surface area contributed by atoms with Crippen LogP contribution in [0.1, 0.15) is 67.7 Å². The summed E-state index contributed by atoms with van der Waals surface area (Å²) in [6.45, 7) is 0.684. The maximum atomic E-state index is 12.3. The summed E-state index contributed by atoms with van der Waals surface area (Å²) in [4.78, 5) is 24.8. The van der Waals surface area contributed by atoms with E-state index in [1.54, 1.807) is 6.08 Å². The topological polar surface area (TPSA) is 77.8 Å². The third kappa shape index (κ3) is 7.34. The van der Waals surface area contributed by atoms with Crippen molar-refractivity contribution in [1.82, 2.24) is 4.90 Å². The first-order valence-corrected chi connectivity index (χ1v) is 11.5. The van der Waals surface area contributed by atoms with Crippen molar-refractivity contribution in [1.29, 1.82) is 0 Å². The second-order valence-corrected chi connectivity index (χ2v) is 8.49. The molecule has 0 saturated carbocycles. The molecule has 5 nitrogen and oxygen atoms in total. The molecular weight excluding hydrogens is 402 g/mol. The maximum Gasteiger partial charge on any atom is 0.303 e. The van der Waals surface area contributed by atoms with E-state index in [0.717, 1.165) is 43.2 Å². The number of carbonyl (C=O) groups is 2. The van der Waals surface area contributed by atoms with Crippen LogP contribution in [0, 0.1) is 0 Å². The Kier molecular flexibility index (Phi) is 9.05. The van der Waals surface area contributed by atoms with Gasteiger partial charge in [-0.25, -0.2) is 0 Å². The van der Waals surface area contributed by atoms with Gasteiger partial charge in [-0.05, 0) is 42.4 Å². The quantitative estimate of drug-likeness (QED) is 0.367. The molecule has 1 aliphatic rings. The van der Waals surface area contributed by atoms with Gasteiger partial charge in [0, 0.05) is 19.4 Å². The van der Waals surface area contributed by atoms with Gasteiger partial charge in [-0.3, -0.25) is 9.59 Å². The number of benzene rings is 2. The minimum Gasteiger partial charge on any atom is -0.481 e. The Balaban J connectivity index is 1.52. The lowest BCUT2D eigenvalue weighted by Crippen LogP contribution is -2.32. The largest absolute Gasteiger partial charge is 0.481 e. The predicted molar refractivity (Wildman–Crippen MR) is 125 cm³/mol. The fourth-order valence-electron chi connectivity index (χ4n) is 4.22. The average Bonchev–Trinajstić information content (AvgIpc) is 3.14.